The van der Waals surface area contributed by atoms with Gasteiger partial charge in [-0.2, -0.15) is 5.10 Å². The van der Waals surface area contributed by atoms with Gasteiger partial charge in [0, 0.05) is 6.07 Å². The van der Waals surface area contributed by atoms with E-state index >= 15 is 0 Å². The highest BCUT2D eigenvalue weighted by Gasteiger charge is 2.17. The molecule has 1 unspecified atom stereocenters. The zero-order valence-electron chi connectivity index (χ0n) is 16.0. The molecule has 3 N–H and O–H groups in total. The van der Waals surface area contributed by atoms with Crippen molar-refractivity contribution in [3.63, 3.8) is 0 Å². The number of ether oxygens (including phenoxy) is 3. The van der Waals surface area contributed by atoms with Crippen LogP contribution in [0.2, 0.25) is 0 Å². The summed E-state index contributed by atoms with van der Waals surface area (Å²) in [6.45, 7) is 2.48. The van der Waals surface area contributed by atoms with Gasteiger partial charge in [-0.1, -0.05) is 12.1 Å². The number of aromatic amines is 1. The van der Waals surface area contributed by atoms with Crippen molar-refractivity contribution in [3.8, 4) is 17.2 Å². The zero-order chi connectivity index (χ0) is 20.8. The number of rotatable bonds is 9. The van der Waals surface area contributed by atoms with E-state index in [2.05, 4.69) is 15.2 Å². The number of hydrogen-bond acceptors (Lipinski definition) is 8. The number of aromatic nitrogens is 3. The molecule has 0 spiro atoms. The SMILES string of the molecule is CCOc1ccc(C(N)c2n[nH]c(COc3cccc([N+](=O)[O-])c3)n2)cc1OC. The molecule has 10 heteroatoms. The molecular weight excluding hydrogens is 378 g/mol. The number of nitro benzene ring substituents is 1. The summed E-state index contributed by atoms with van der Waals surface area (Å²) in [5.74, 6) is 2.39. The van der Waals surface area contributed by atoms with Crippen molar-refractivity contribution in [3.05, 3.63) is 69.8 Å². The molecule has 0 bridgehead atoms. The van der Waals surface area contributed by atoms with Crippen molar-refractivity contribution in [2.24, 2.45) is 5.73 Å². The second-order valence-corrected chi connectivity index (χ2v) is 6.00. The van der Waals surface area contributed by atoms with Gasteiger partial charge >= 0.3 is 0 Å². The Morgan fingerprint density at radius 3 is 2.76 bits per heavy atom. The van der Waals surface area contributed by atoms with Crippen LogP contribution < -0.4 is 19.9 Å². The summed E-state index contributed by atoms with van der Waals surface area (Å²) in [4.78, 5) is 14.7. The highest BCUT2D eigenvalue weighted by Crippen LogP contribution is 2.31. The standard InChI is InChI=1S/C19H21N5O5/c1-3-28-15-8-7-12(9-16(15)27-2)18(20)19-21-17(22-23-19)11-29-14-6-4-5-13(10-14)24(25)26/h4-10,18H,3,11,20H2,1-2H3,(H,21,22,23). The molecule has 29 heavy (non-hydrogen) atoms. The van der Waals surface area contributed by atoms with Crippen molar-refractivity contribution in [1.82, 2.24) is 15.2 Å². The minimum absolute atomic E-state index is 0.0489. The summed E-state index contributed by atoms with van der Waals surface area (Å²) in [6, 6.07) is 10.7. The minimum atomic E-state index is -0.581. The third-order valence-corrected chi connectivity index (χ3v) is 4.08. The molecular formula is C19H21N5O5. The summed E-state index contributed by atoms with van der Waals surface area (Å²) in [6.07, 6.45) is 0. The molecule has 0 saturated carbocycles. The van der Waals surface area contributed by atoms with Crippen molar-refractivity contribution < 1.29 is 19.1 Å². The predicted molar refractivity (Wildman–Crippen MR) is 104 cm³/mol. The van der Waals surface area contributed by atoms with E-state index in [4.69, 9.17) is 19.9 Å². The Morgan fingerprint density at radius 2 is 2.03 bits per heavy atom. The van der Waals surface area contributed by atoms with E-state index in [1.54, 1.807) is 31.4 Å². The van der Waals surface area contributed by atoms with Gasteiger partial charge in [-0.25, -0.2) is 4.98 Å². The fourth-order valence-electron chi connectivity index (χ4n) is 2.65. The van der Waals surface area contributed by atoms with E-state index in [1.165, 1.54) is 12.1 Å². The summed E-state index contributed by atoms with van der Waals surface area (Å²) in [5.41, 5.74) is 6.99. The number of non-ortho nitro benzene ring substituents is 1. The van der Waals surface area contributed by atoms with Crippen LogP contribution in [0.4, 0.5) is 5.69 Å². The van der Waals surface area contributed by atoms with Crippen molar-refractivity contribution >= 4 is 5.69 Å². The average molecular weight is 399 g/mol. The molecule has 0 radical (unpaired) electrons. The van der Waals surface area contributed by atoms with Crippen LogP contribution in [0.1, 0.15) is 30.2 Å². The average Bonchev–Trinajstić information content (AvgIpc) is 3.21. The lowest BCUT2D eigenvalue weighted by atomic mass is 10.1. The van der Waals surface area contributed by atoms with Gasteiger partial charge < -0.3 is 19.9 Å². The molecule has 0 aliphatic rings. The first-order valence-corrected chi connectivity index (χ1v) is 8.86. The van der Waals surface area contributed by atoms with Gasteiger partial charge in [0.2, 0.25) is 0 Å². The molecule has 2 aromatic carbocycles. The van der Waals surface area contributed by atoms with Gasteiger partial charge in [-0.3, -0.25) is 15.2 Å². The maximum absolute atomic E-state index is 10.8. The maximum Gasteiger partial charge on any atom is 0.273 e. The molecule has 0 aliphatic heterocycles. The van der Waals surface area contributed by atoms with E-state index in [0.717, 1.165) is 5.56 Å². The first kappa shape index (κ1) is 20.1. The van der Waals surface area contributed by atoms with Crippen LogP contribution in [0, 0.1) is 10.1 Å². The molecule has 0 amide bonds. The van der Waals surface area contributed by atoms with Crippen LogP contribution in [0.5, 0.6) is 17.2 Å². The van der Waals surface area contributed by atoms with Crippen LogP contribution in [0.3, 0.4) is 0 Å². The van der Waals surface area contributed by atoms with Crippen molar-refractivity contribution in [2.45, 2.75) is 19.6 Å². The predicted octanol–water partition coefficient (Wildman–Crippen LogP) is 2.75. The molecule has 152 valence electrons. The van der Waals surface area contributed by atoms with E-state index in [-0.39, 0.29) is 12.3 Å². The van der Waals surface area contributed by atoms with Gasteiger partial charge in [0.1, 0.15) is 12.4 Å². The number of benzene rings is 2. The van der Waals surface area contributed by atoms with Crippen molar-refractivity contribution in [2.75, 3.05) is 13.7 Å². The van der Waals surface area contributed by atoms with Gasteiger partial charge in [-0.15, -0.1) is 0 Å². The lowest BCUT2D eigenvalue weighted by Crippen LogP contribution is -2.14. The molecule has 0 saturated heterocycles. The highest BCUT2D eigenvalue weighted by molar-refractivity contribution is 5.44. The fraction of sp³-hybridized carbons (Fsp3) is 0.263. The van der Waals surface area contributed by atoms with Crippen LogP contribution in [-0.2, 0) is 6.61 Å². The number of H-pyrrole nitrogens is 1. The second kappa shape index (κ2) is 9.02. The Labute approximate surface area is 166 Å². The van der Waals surface area contributed by atoms with Crippen LogP contribution in [-0.4, -0.2) is 33.8 Å². The number of methoxy groups -OCH3 is 1. The molecule has 10 nitrogen and oxygen atoms in total. The topological polar surface area (TPSA) is 138 Å². The number of nitrogens with one attached hydrogen (secondary N) is 1. The van der Waals surface area contributed by atoms with Gasteiger partial charge in [-0.05, 0) is 30.7 Å². The minimum Gasteiger partial charge on any atom is -0.493 e. The van der Waals surface area contributed by atoms with Crippen molar-refractivity contribution in [1.29, 1.82) is 0 Å². The molecule has 3 aromatic rings. The highest BCUT2D eigenvalue weighted by atomic mass is 16.6. The summed E-state index contributed by atoms with van der Waals surface area (Å²) in [5, 5.41) is 17.7. The number of nitro groups is 1. The fourth-order valence-corrected chi connectivity index (χ4v) is 2.65. The first-order chi connectivity index (χ1) is 14.0. The van der Waals surface area contributed by atoms with Gasteiger partial charge in [0.05, 0.1) is 30.7 Å². The Bertz CT molecular complexity index is 991. The van der Waals surface area contributed by atoms with E-state index in [1.807, 2.05) is 13.0 Å². The zero-order valence-corrected chi connectivity index (χ0v) is 16.0. The monoisotopic (exact) mass is 399 g/mol. The molecule has 1 atom stereocenters. The van der Waals surface area contributed by atoms with Crippen LogP contribution >= 0.6 is 0 Å². The Balaban J connectivity index is 1.69. The third-order valence-electron chi connectivity index (χ3n) is 4.08. The smallest absolute Gasteiger partial charge is 0.273 e. The van der Waals surface area contributed by atoms with E-state index in [0.29, 0.717) is 35.5 Å². The lowest BCUT2D eigenvalue weighted by molar-refractivity contribution is -0.384. The largest absolute Gasteiger partial charge is 0.493 e. The molecule has 1 aromatic heterocycles. The number of nitrogens with zero attached hydrogens (tertiary/aromatic N) is 3. The van der Waals surface area contributed by atoms with E-state index < -0.39 is 11.0 Å². The summed E-state index contributed by atoms with van der Waals surface area (Å²) in [7, 11) is 1.56. The molecule has 0 aliphatic carbocycles. The van der Waals surface area contributed by atoms with E-state index in [9.17, 15) is 10.1 Å². The van der Waals surface area contributed by atoms with Gasteiger partial charge in [0.25, 0.3) is 5.69 Å². The maximum atomic E-state index is 10.8. The van der Waals surface area contributed by atoms with Crippen LogP contribution in [0.25, 0.3) is 0 Å². The normalized spacial score (nSPS) is 11.7. The van der Waals surface area contributed by atoms with Crippen LogP contribution in [0.15, 0.2) is 42.5 Å². The summed E-state index contributed by atoms with van der Waals surface area (Å²) >= 11 is 0. The first-order valence-electron chi connectivity index (χ1n) is 8.86. The quantitative estimate of drug-likeness (QED) is 0.414. The number of hydrogen-bond donors (Lipinski definition) is 2. The summed E-state index contributed by atoms with van der Waals surface area (Å²) < 4.78 is 16.4. The number of nitrogens with two attached hydrogens (primary N) is 1. The molecule has 0 fully saturated rings. The van der Waals surface area contributed by atoms with Gasteiger partial charge in [0.15, 0.2) is 23.1 Å². The molecule has 3 rings (SSSR count). The second-order valence-electron chi connectivity index (χ2n) is 6.00. The lowest BCUT2D eigenvalue weighted by Gasteiger charge is -2.13. The molecule has 1 heterocycles. The Kier molecular flexibility index (Phi) is 6.25. The third kappa shape index (κ3) is 4.79. The Morgan fingerprint density at radius 1 is 1.21 bits per heavy atom. The Hall–Kier alpha value is -3.66.